The van der Waals surface area contributed by atoms with Gasteiger partial charge in [0, 0.05) is 6.16 Å². The van der Waals surface area contributed by atoms with Crippen LogP contribution < -0.4 is 4.89 Å². The highest BCUT2D eigenvalue weighted by atomic mass is 31.2. The third-order valence-corrected chi connectivity index (χ3v) is 2.68. The van der Waals surface area contributed by atoms with Crippen LogP contribution in [0.25, 0.3) is 0 Å². The molecule has 0 amide bonds. The van der Waals surface area contributed by atoms with Crippen molar-refractivity contribution in [3.8, 4) is 0 Å². The molecule has 12 heavy (non-hydrogen) atoms. The minimum absolute atomic E-state index is 0.0564. The standard InChI is InChI=1S/C8H19O3P/c1-2-3-4-5-6-7-8-12(9,10)11/h2-8H2,1H3,(H2,9,10,11)/p-1. The van der Waals surface area contributed by atoms with E-state index in [2.05, 4.69) is 6.92 Å². The molecule has 0 aliphatic carbocycles. The van der Waals surface area contributed by atoms with Crippen molar-refractivity contribution in [3.63, 3.8) is 0 Å². The molecule has 0 radical (unpaired) electrons. The molecule has 74 valence electrons. The quantitative estimate of drug-likeness (QED) is 0.496. The zero-order valence-corrected chi connectivity index (χ0v) is 8.56. The van der Waals surface area contributed by atoms with E-state index >= 15 is 0 Å². The van der Waals surface area contributed by atoms with Crippen LogP contribution in [0.1, 0.15) is 45.4 Å². The van der Waals surface area contributed by atoms with Gasteiger partial charge in [0.15, 0.2) is 0 Å². The van der Waals surface area contributed by atoms with Crippen LogP contribution in [0.3, 0.4) is 0 Å². The first kappa shape index (κ1) is 12.2. The normalized spacial score (nSPS) is 15.9. The minimum atomic E-state index is -3.97. The van der Waals surface area contributed by atoms with Gasteiger partial charge in [-0.2, -0.15) is 0 Å². The van der Waals surface area contributed by atoms with E-state index in [9.17, 15) is 9.46 Å². The molecule has 0 aromatic carbocycles. The predicted molar refractivity (Wildman–Crippen MR) is 48.1 cm³/mol. The molecule has 0 fully saturated rings. The molecule has 0 heterocycles. The van der Waals surface area contributed by atoms with Crippen molar-refractivity contribution in [3.05, 3.63) is 0 Å². The van der Waals surface area contributed by atoms with Gasteiger partial charge >= 0.3 is 0 Å². The lowest BCUT2D eigenvalue weighted by Gasteiger charge is -2.14. The molecule has 3 nitrogen and oxygen atoms in total. The van der Waals surface area contributed by atoms with E-state index < -0.39 is 7.60 Å². The van der Waals surface area contributed by atoms with Gasteiger partial charge in [0.25, 0.3) is 0 Å². The summed E-state index contributed by atoms with van der Waals surface area (Å²) in [7, 11) is -3.97. The topological polar surface area (TPSA) is 60.4 Å². The summed E-state index contributed by atoms with van der Waals surface area (Å²) >= 11 is 0. The van der Waals surface area contributed by atoms with Crippen LogP contribution in [-0.4, -0.2) is 11.1 Å². The van der Waals surface area contributed by atoms with E-state index in [1.54, 1.807) is 0 Å². The number of hydrogen-bond acceptors (Lipinski definition) is 2. The molecule has 0 aliphatic heterocycles. The Bertz CT molecular complexity index is 141. The summed E-state index contributed by atoms with van der Waals surface area (Å²) in [6.45, 7) is 2.14. The smallest absolute Gasteiger partial charge is 0.132 e. The third-order valence-electron chi connectivity index (χ3n) is 1.79. The van der Waals surface area contributed by atoms with E-state index in [1.807, 2.05) is 0 Å². The lowest BCUT2D eigenvalue weighted by molar-refractivity contribution is -0.193. The van der Waals surface area contributed by atoms with E-state index in [0.29, 0.717) is 6.42 Å². The summed E-state index contributed by atoms with van der Waals surface area (Å²) in [4.78, 5) is 18.7. The summed E-state index contributed by atoms with van der Waals surface area (Å²) in [6, 6.07) is 0. The van der Waals surface area contributed by atoms with Gasteiger partial charge in [-0.3, -0.25) is 0 Å². The fourth-order valence-corrected chi connectivity index (χ4v) is 1.72. The van der Waals surface area contributed by atoms with E-state index in [-0.39, 0.29) is 6.16 Å². The van der Waals surface area contributed by atoms with Crippen LogP contribution in [0.4, 0.5) is 0 Å². The Morgan fingerprint density at radius 3 is 2.17 bits per heavy atom. The molecular weight excluding hydrogens is 175 g/mol. The van der Waals surface area contributed by atoms with Crippen LogP contribution in [-0.2, 0) is 4.57 Å². The first-order valence-electron chi connectivity index (χ1n) is 4.59. The van der Waals surface area contributed by atoms with Crippen LogP contribution in [0.2, 0.25) is 0 Å². The van der Waals surface area contributed by atoms with Crippen molar-refractivity contribution >= 4 is 7.60 Å². The summed E-state index contributed by atoms with van der Waals surface area (Å²) in [6.07, 6.45) is 6.11. The zero-order chi connectivity index (χ0) is 9.45. The Balaban J connectivity index is 3.06. The predicted octanol–water partition coefficient (Wildman–Crippen LogP) is 1.89. The highest BCUT2D eigenvalue weighted by Gasteiger charge is 1.99. The Morgan fingerprint density at radius 2 is 1.67 bits per heavy atom. The monoisotopic (exact) mass is 193 g/mol. The second kappa shape index (κ2) is 6.64. The Hall–Kier alpha value is 0.150. The summed E-state index contributed by atoms with van der Waals surface area (Å²) in [5, 5.41) is 0. The molecule has 1 N–H and O–H groups in total. The summed E-state index contributed by atoms with van der Waals surface area (Å²) in [5.41, 5.74) is 0. The number of unbranched alkanes of at least 4 members (excludes halogenated alkanes) is 5. The zero-order valence-electron chi connectivity index (χ0n) is 7.66. The van der Waals surface area contributed by atoms with Gasteiger partial charge in [0.05, 0.1) is 0 Å². The van der Waals surface area contributed by atoms with Crippen molar-refractivity contribution in [2.75, 3.05) is 6.16 Å². The average Bonchev–Trinajstić information content (AvgIpc) is 1.94. The Labute approximate surface area is 74.3 Å². The van der Waals surface area contributed by atoms with Crippen molar-refractivity contribution in [2.24, 2.45) is 0 Å². The largest absolute Gasteiger partial charge is 0.779 e. The minimum Gasteiger partial charge on any atom is -0.779 e. The first-order chi connectivity index (χ1) is 5.56. The van der Waals surface area contributed by atoms with Crippen molar-refractivity contribution in [1.29, 1.82) is 0 Å². The van der Waals surface area contributed by atoms with Gasteiger partial charge in [0.1, 0.15) is 7.60 Å². The van der Waals surface area contributed by atoms with E-state index in [0.717, 1.165) is 12.8 Å². The Morgan fingerprint density at radius 1 is 1.17 bits per heavy atom. The highest BCUT2D eigenvalue weighted by molar-refractivity contribution is 7.50. The van der Waals surface area contributed by atoms with Gasteiger partial charge in [-0.1, -0.05) is 39.0 Å². The second-order valence-corrected chi connectivity index (χ2v) is 4.85. The molecule has 0 aromatic rings. The van der Waals surface area contributed by atoms with Crippen molar-refractivity contribution < 1.29 is 14.4 Å². The van der Waals surface area contributed by atoms with Gasteiger partial charge in [-0.05, 0) is 6.42 Å². The van der Waals surface area contributed by atoms with E-state index in [1.165, 1.54) is 19.3 Å². The summed E-state index contributed by atoms with van der Waals surface area (Å²) < 4.78 is 10.3. The van der Waals surface area contributed by atoms with Crippen LogP contribution in [0.15, 0.2) is 0 Å². The fourth-order valence-electron chi connectivity index (χ4n) is 1.09. The lowest BCUT2D eigenvalue weighted by Crippen LogP contribution is -2.03. The fraction of sp³-hybridized carbons (Fsp3) is 1.00. The van der Waals surface area contributed by atoms with Crippen molar-refractivity contribution in [1.82, 2.24) is 0 Å². The molecule has 0 aromatic heterocycles. The highest BCUT2D eigenvalue weighted by Crippen LogP contribution is 2.30. The maximum absolute atomic E-state index is 10.3. The van der Waals surface area contributed by atoms with Crippen molar-refractivity contribution in [2.45, 2.75) is 45.4 Å². The molecule has 0 saturated heterocycles. The summed E-state index contributed by atoms with van der Waals surface area (Å²) in [5.74, 6) is 0. The molecule has 1 unspecified atom stereocenters. The van der Waals surface area contributed by atoms with Gasteiger partial charge in [0.2, 0.25) is 0 Å². The molecule has 0 rings (SSSR count). The van der Waals surface area contributed by atoms with E-state index in [4.69, 9.17) is 4.89 Å². The van der Waals surface area contributed by atoms with Crippen LogP contribution in [0, 0.1) is 0 Å². The van der Waals surface area contributed by atoms with Gasteiger partial charge in [-0.15, -0.1) is 0 Å². The molecule has 1 atom stereocenters. The maximum atomic E-state index is 10.3. The molecule has 0 aliphatic rings. The number of rotatable bonds is 7. The molecule has 0 bridgehead atoms. The molecule has 0 spiro atoms. The molecular formula is C8H18O3P-. The van der Waals surface area contributed by atoms with Crippen LogP contribution >= 0.6 is 7.60 Å². The van der Waals surface area contributed by atoms with Crippen LogP contribution in [0.5, 0.6) is 0 Å². The second-order valence-electron chi connectivity index (χ2n) is 3.13. The number of hydrogen-bond donors (Lipinski definition) is 1. The third kappa shape index (κ3) is 10.2. The molecule has 4 heteroatoms. The van der Waals surface area contributed by atoms with Gasteiger partial charge in [-0.25, -0.2) is 0 Å². The average molecular weight is 193 g/mol. The maximum Gasteiger partial charge on any atom is 0.132 e. The molecule has 0 saturated carbocycles. The van der Waals surface area contributed by atoms with Gasteiger partial charge < -0.3 is 14.4 Å². The lowest BCUT2D eigenvalue weighted by atomic mass is 10.1. The SMILES string of the molecule is CCCCCCCCP(=O)([O-])O. The first-order valence-corrected chi connectivity index (χ1v) is 6.35. The Kier molecular flexibility index (Phi) is 6.73.